The number of benzene rings is 3. The first kappa shape index (κ1) is 13.3. The SMILES string of the molecule is Cc1ccc(-n2c3ccccc3c3cccnc32)c2ccccc12. The van der Waals surface area contributed by atoms with E-state index in [0.29, 0.717) is 0 Å². The van der Waals surface area contributed by atoms with Crippen molar-refractivity contribution in [2.75, 3.05) is 0 Å². The van der Waals surface area contributed by atoms with Crippen molar-refractivity contribution < 1.29 is 0 Å². The van der Waals surface area contributed by atoms with E-state index in [4.69, 9.17) is 0 Å². The Hall–Kier alpha value is -3.13. The lowest BCUT2D eigenvalue weighted by molar-refractivity contribution is 1.15. The van der Waals surface area contributed by atoms with Gasteiger partial charge in [-0.25, -0.2) is 4.98 Å². The number of pyridine rings is 1. The fourth-order valence-electron chi connectivity index (χ4n) is 3.67. The summed E-state index contributed by atoms with van der Waals surface area (Å²) < 4.78 is 2.28. The Morgan fingerprint density at radius 1 is 0.667 bits per heavy atom. The number of hydrogen-bond acceptors (Lipinski definition) is 1. The van der Waals surface area contributed by atoms with Gasteiger partial charge in [0.05, 0.1) is 11.2 Å². The van der Waals surface area contributed by atoms with E-state index in [-0.39, 0.29) is 0 Å². The third-order valence-corrected chi connectivity index (χ3v) is 4.79. The minimum atomic E-state index is 1.01. The van der Waals surface area contributed by atoms with Crippen molar-refractivity contribution in [2.24, 2.45) is 0 Å². The molecule has 0 spiro atoms. The van der Waals surface area contributed by atoms with Crippen LogP contribution in [0.15, 0.2) is 79.0 Å². The molecule has 2 heteroatoms. The first-order valence-electron chi connectivity index (χ1n) is 8.17. The second-order valence-corrected chi connectivity index (χ2v) is 6.17. The van der Waals surface area contributed by atoms with Gasteiger partial charge in [-0.3, -0.25) is 4.57 Å². The smallest absolute Gasteiger partial charge is 0.145 e. The molecule has 0 atom stereocenters. The molecule has 0 fully saturated rings. The van der Waals surface area contributed by atoms with Crippen LogP contribution in [0.2, 0.25) is 0 Å². The molecule has 24 heavy (non-hydrogen) atoms. The third kappa shape index (κ3) is 1.74. The molecular weight excluding hydrogens is 292 g/mol. The monoisotopic (exact) mass is 308 g/mol. The lowest BCUT2D eigenvalue weighted by atomic mass is 10.0. The number of nitrogens with zero attached hydrogens (tertiary/aromatic N) is 2. The highest BCUT2D eigenvalue weighted by molar-refractivity contribution is 6.09. The molecule has 3 aromatic carbocycles. The van der Waals surface area contributed by atoms with Crippen LogP contribution in [-0.2, 0) is 0 Å². The van der Waals surface area contributed by atoms with Crippen LogP contribution >= 0.6 is 0 Å². The molecule has 0 amide bonds. The van der Waals surface area contributed by atoms with E-state index in [1.165, 1.54) is 38.3 Å². The number of hydrogen-bond donors (Lipinski definition) is 0. The van der Waals surface area contributed by atoms with Gasteiger partial charge < -0.3 is 0 Å². The van der Waals surface area contributed by atoms with Gasteiger partial charge in [-0.1, -0.05) is 48.5 Å². The van der Waals surface area contributed by atoms with Gasteiger partial charge in [-0.05, 0) is 42.1 Å². The zero-order valence-electron chi connectivity index (χ0n) is 13.4. The number of rotatable bonds is 1. The first-order valence-corrected chi connectivity index (χ1v) is 8.17. The van der Waals surface area contributed by atoms with Crippen LogP contribution < -0.4 is 0 Å². The van der Waals surface area contributed by atoms with E-state index in [2.05, 4.69) is 83.2 Å². The molecule has 0 aliphatic rings. The zero-order valence-corrected chi connectivity index (χ0v) is 13.4. The van der Waals surface area contributed by atoms with Crippen molar-refractivity contribution in [2.45, 2.75) is 6.92 Å². The van der Waals surface area contributed by atoms with Crippen molar-refractivity contribution in [3.8, 4) is 5.69 Å². The Morgan fingerprint density at radius 2 is 1.38 bits per heavy atom. The van der Waals surface area contributed by atoms with Crippen molar-refractivity contribution in [3.05, 3.63) is 84.6 Å². The van der Waals surface area contributed by atoms with Crippen LogP contribution in [0.25, 0.3) is 38.4 Å². The number of aromatic nitrogens is 2. The molecule has 0 aliphatic carbocycles. The molecule has 0 N–H and O–H groups in total. The highest BCUT2D eigenvalue weighted by atomic mass is 15.0. The van der Waals surface area contributed by atoms with Crippen molar-refractivity contribution >= 4 is 32.7 Å². The molecule has 5 rings (SSSR count). The van der Waals surface area contributed by atoms with Gasteiger partial charge in [0.1, 0.15) is 5.65 Å². The summed E-state index contributed by atoms with van der Waals surface area (Å²) in [5, 5.41) is 4.98. The zero-order chi connectivity index (χ0) is 16.1. The summed E-state index contributed by atoms with van der Waals surface area (Å²) in [5.74, 6) is 0. The third-order valence-electron chi connectivity index (χ3n) is 4.79. The largest absolute Gasteiger partial charge is 0.293 e. The highest BCUT2D eigenvalue weighted by Crippen LogP contribution is 2.34. The van der Waals surface area contributed by atoms with Crippen LogP contribution in [-0.4, -0.2) is 9.55 Å². The summed E-state index contributed by atoms with van der Waals surface area (Å²) in [6.07, 6.45) is 1.87. The predicted octanol–water partition coefficient (Wildman–Crippen LogP) is 5.64. The first-order chi connectivity index (χ1) is 11.8. The summed E-state index contributed by atoms with van der Waals surface area (Å²) in [6, 6.07) is 25.7. The van der Waals surface area contributed by atoms with Gasteiger partial charge in [-0.2, -0.15) is 0 Å². The molecular formula is C22H16N2. The fourth-order valence-corrected chi connectivity index (χ4v) is 3.67. The van der Waals surface area contributed by atoms with Gasteiger partial charge in [0.15, 0.2) is 0 Å². The molecule has 0 unspecified atom stereocenters. The maximum Gasteiger partial charge on any atom is 0.145 e. The molecule has 2 nitrogen and oxygen atoms in total. The Bertz CT molecular complexity index is 1160. The van der Waals surface area contributed by atoms with Crippen LogP contribution in [0.1, 0.15) is 5.56 Å². The molecule has 0 saturated heterocycles. The standard InChI is InChI=1S/C22H16N2/c1-15-12-13-21(17-8-3-2-7-16(15)17)24-20-11-5-4-9-18(20)19-10-6-14-23-22(19)24/h2-14H,1H3. The van der Waals surface area contributed by atoms with Crippen molar-refractivity contribution in [1.82, 2.24) is 9.55 Å². The average molecular weight is 308 g/mol. The van der Waals surface area contributed by atoms with Crippen molar-refractivity contribution in [3.63, 3.8) is 0 Å². The van der Waals surface area contributed by atoms with Gasteiger partial charge in [0.25, 0.3) is 0 Å². The topological polar surface area (TPSA) is 17.8 Å². The number of para-hydroxylation sites is 1. The molecule has 0 saturated carbocycles. The maximum atomic E-state index is 4.69. The summed E-state index contributed by atoms with van der Waals surface area (Å²) in [6.45, 7) is 2.16. The second-order valence-electron chi connectivity index (χ2n) is 6.17. The van der Waals surface area contributed by atoms with Gasteiger partial charge in [0, 0.05) is 22.4 Å². The Labute approximate surface area is 140 Å². The van der Waals surface area contributed by atoms with Crippen LogP contribution in [0.3, 0.4) is 0 Å². The second kappa shape index (κ2) is 4.93. The summed E-state index contributed by atoms with van der Waals surface area (Å²) in [5.41, 5.74) is 4.68. The molecule has 0 aliphatic heterocycles. The summed E-state index contributed by atoms with van der Waals surface area (Å²) >= 11 is 0. The average Bonchev–Trinajstić information content (AvgIpc) is 2.97. The van der Waals surface area contributed by atoms with Crippen LogP contribution in [0.5, 0.6) is 0 Å². The fraction of sp³-hybridized carbons (Fsp3) is 0.0455. The highest BCUT2D eigenvalue weighted by Gasteiger charge is 2.14. The van der Waals surface area contributed by atoms with E-state index < -0.39 is 0 Å². The number of aryl methyl sites for hydroxylation is 1. The molecule has 114 valence electrons. The van der Waals surface area contributed by atoms with Crippen molar-refractivity contribution in [1.29, 1.82) is 0 Å². The predicted molar refractivity (Wildman–Crippen MR) is 101 cm³/mol. The normalized spacial score (nSPS) is 11.5. The van der Waals surface area contributed by atoms with E-state index in [1.54, 1.807) is 0 Å². The lowest BCUT2D eigenvalue weighted by Gasteiger charge is -2.12. The molecule has 0 bridgehead atoms. The summed E-state index contributed by atoms with van der Waals surface area (Å²) in [7, 11) is 0. The quantitative estimate of drug-likeness (QED) is 0.392. The van der Waals surface area contributed by atoms with E-state index in [1.807, 2.05) is 12.3 Å². The lowest BCUT2D eigenvalue weighted by Crippen LogP contribution is -1.97. The van der Waals surface area contributed by atoms with E-state index >= 15 is 0 Å². The Morgan fingerprint density at radius 3 is 2.25 bits per heavy atom. The minimum absolute atomic E-state index is 1.01. The van der Waals surface area contributed by atoms with Gasteiger partial charge in [0.2, 0.25) is 0 Å². The van der Waals surface area contributed by atoms with Crippen LogP contribution in [0.4, 0.5) is 0 Å². The number of fused-ring (bicyclic) bond motifs is 4. The van der Waals surface area contributed by atoms with Gasteiger partial charge in [-0.15, -0.1) is 0 Å². The minimum Gasteiger partial charge on any atom is -0.293 e. The van der Waals surface area contributed by atoms with Crippen LogP contribution in [0, 0.1) is 6.92 Å². The summed E-state index contributed by atoms with van der Waals surface area (Å²) in [4.78, 5) is 4.69. The molecule has 5 aromatic rings. The molecule has 2 heterocycles. The van der Waals surface area contributed by atoms with E-state index in [9.17, 15) is 0 Å². The molecule has 2 aromatic heterocycles. The Kier molecular flexibility index (Phi) is 2.74. The Balaban J connectivity index is 2.02. The van der Waals surface area contributed by atoms with Gasteiger partial charge >= 0.3 is 0 Å². The van der Waals surface area contributed by atoms with E-state index in [0.717, 1.165) is 5.65 Å². The maximum absolute atomic E-state index is 4.69. The molecule has 0 radical (unpaired) electrons.